The summed E-state index contributed by atoms with van der Waals surface area (Å²) in [6, 6.07) is 4.97. The molecule has 2 rings (SSSR count). The SMILES string of the molecule is COc1ccc(CNC(=O)NC(C)c2nncn2C)cc1OC. The average Bonchev–Trinajstić information content (AvgIpc) is 2.98. The van der Waals surface area contributed by atoms with Gasteiger partial charge in [-0.25, -0.2) is 4.79 Å². The summed E-state index contributed by atoms with van der Waals surface area (Å²) in [5.41, 5.74) is 0.907. The standard InChI is InChI=1S/C15H21N5O3/c1-10(14-19-17-9-20(14)2)18-15(21)16-8-11-5-6-12(22-3)13(7-11)23-4/h5-7,9-10H,8H2,1-4H3,(H2,16,18,21). The van der Waals surface area contributed by atoms with Crippen LogP contribution in [0.15, 0.2) is 24.5 Å². The fourth-order valence-electron chi connectivity index (χ4n) is 2.17. The van der Waals surface area contributed by atoms with Crippen molar-refractivity contribution in [2.75, 3.05) is 14.2 Å². The first-order valence-corrected chi connectivity index (χ1v) is 7.14. The second kappa shape index (κ2) is 7.48. The van der Waals surface area contributed by atoms with Crippen molar-refractivity contribution >= 4 is 6.03 Å². The Morgan fingerprint density at radius 1 is 1.30 bits per heavy atom. The molecule has 8 heteroatoms. The summed E-state index contributed by atoms with van der Waals surface area (Å²) in [4.78, 5) is 12.0. The van der Waals surface area contributed by atoms with Gasteiger partial charge < -0.3 is 24.7 Å². The van der Waals surface area contributed by atoms with E-state index in [1.165, 1.54) is 0 Å². The molecule has 0 aliphatic rings. The first kappa shape index (κ1) is 16.6. The van der Waals surface area contributed by atoms with E-state index in [1.54, 1.807) is 31.2 Å². The number of methoxy groups -OCH3 is 2. The highest BCUT2D eigenvalue weighted by Crippen LogP contribution is 2.27. The van der Waals surface area contributed by atoms with Gasteiger partial charge in [-0.15, -0.1) is 10.2 Å². The maximum atomic E-state index is 12.0. The zero-order valence-corrected chi connectivity index (χ0v) is 13.7. The first-order chi connectivity index (χ1) is 11.0. The van der Waals surface area contributed by atoms with Crippen molar-refractivity contribution in [3.05, 3.63) is 35.9 Å². The maximum Gasteiger partial charge on any atom is 0.315 e. The summed E-state index contributed by atoms with van der Waals surface area (Å²) in [7, 11) is 4.98. The Bertz CT molecular complexity index is 671. The normalized spacial score (nSPS) is 11.7. The predicted molar refractivity (Wildman–Crippen MR) is 84.3 cm³/mol. The molecule has 1 aromatic heterocycles. The van der Waals surface area contributed by atoms with Crippen LogP contribution < -0.4 is 20.1 Å². The number of aromatic nitrogens is 3. The van der Waals surface area contributed by atoms with Gasteiger partial charge >= 0.3 is 6.03 Å². The molecule has 0 saturated carbocycles. The molecular weight excluding hydrogens is 298 g/mol. The van der Waals surface area contributed by atoms with E-state index in [0.29, 0.717) is 23.9 Å². The predicted octanol–water partition coefficient (Wildman–Crippen LogP) is 1.39. The van der Waals surface area contributed by atoms with E-state index in [-0.39, 0.29) is 12.1 Å². The first-order valence-electron chi connectivity index (χ1n) is 7.14. The summed E-state index contributed by atoms with van der Waals surface area (Å²) in [6.45, 7) is 2.22. The van der Waals surface area contributed by atoms with E-state index in [9.17, 15) is 4.79 Å². The lowest BCUT2D eigenvalue weighted by molar-refractivity contribution is 0.237. The Labute approximate surface area is 134 Å². The van der Waals surface area contributed by atoms with Gasteiger partial charge in [0.05, 0.1) is 20.3 Å². The van der Waals surface area contributed by atoms with E-state index < -0.39 is 0 Å². The molecule has 1 heterocycles. The highest BCUT2D eigenvalue weighted by Gasteiger charge is 2.14. The van der Waals surface area contributed by atoms with Gasteiger partial charge in [-0.05, 0) is 24.6 Å². The quantitative estimate of drug-likeness (QED) is 0.840. The number of rotatable bonds is 6. The lowest BCUT2D eigenvalue weighted by Crippen LogP contribution is -2.37. The lowest BCUT2D eigenvalue weighted by Gasteiger charge is -2.14. The summed E-state index contributed by atoms with van der Waals surface area (Å²) in [5.74, 6) is 1.96. The molecule has 0 bridgehead atoms. The number of urea groups is 1. The van der Waals surface area contributed by atoms with E-state index in [2.05, 4.69) is 20.8 Å². The number of carbonyl (C=O) groups excluding carboxylic acids is 1. The fraction of sp³-hybridized carbons (Fsp3) is 0.400. The van der Waals surface area contributed by atoms with Crippen molar-refractivity contribution < 1.29 is 14.3 Å². The summed E-state index contributed by atoms with van der Waals surface area (Å²) >= 11 is 0. The molecule has 0 saturated heterocycles. The third kappa shape index (κ3) is 4.12. The van der Waals surface area contributed by atoms with Gasteiger partial charge in [0.1, 0.15) is 6.33 Å². The molecule has 124 valence electrons. The molecule has 8 nitrogen and oxygen atoms in total. The number of hydrogen-bond acceptors (Lipinski definition) is 5. The van der Waals surface area contributed by atoms with Crippen LogP contribution in [-0.4, -0.2) is 35.0 Å². The molecule has 23 heavy (non-hydrogen) atoms. The minimum Gasteiger partial charge on any atom is -0.493 e. The third-order valence-corrected chi connectivity index (χ3v) is 3.38. The maximum absolute atomic E-state index is 12.0. The second-order valence-electron chi connectivity index (χ2n) is 5.04. The number of amides is 2. The average molecular weight is 319 g/mol. The Hall–Kier alpha value is -2.77. The van der Waals surface area contributed by atoms with Crippen molar-refractivity contribution in [1.82, 2.24) is 25.4 Å². The molecule has 1 aromatic carbocycles. The summed E-state index contributed by atoms with van der Waals surface area (Å²) in [5, 5.41) is 13.4. The monoisotopic (exact) mass is 319 g/mol. The number of carbonyl (C=O) groups is 1. The topological polar surface area (TPSA) is 90.3 Å². The zero-order valence-electron chi connectivity index (χ0n) is 13.7. The van der Waals surface area contributed by atoms with Gasteiger partial charge in [0.25, 0.3) is 0 Å². The van der Waals surface area contributed by atoms with Crippen LogP contribution in [0, 0.1) is 0 Å². The number of aryl methyl sites for hydroxylation is 1. The van der Waals surface area contributed by atoms with Crippen molar-refractivity contribution in [2.24, 2.45) is 7.05 Å². The van der Waals surface area contributed by atoms with E-state index in [1.807, 2.05) is 26.1 Å². The van der Waals surface area contributed by atoms with Crippen LogP contribution in [0.3, 0.4) is 0 Å². The highest BCUT2D eigenvalue weighted by atomic mass is 16.5. The molecule has 0 aliphatic heterocycles. The van der Waals surface area contributed by atoms with Crippen LogP contribution >= 0.6 is 0 Å². The number of hydrogen-bond donors (Lipinski definition) is 2. The Kier molecular flexibility index (Phi) is 5.40. The molecule has 2 amide bonds. The van der Waals surface area contributed by atoms with Gasteiger partial charge in [-0.3, -0.25) is 0 Å². The Morgan fingerprint density at radius 2 is 2.04 bits per heavy atom. The number of nitrogens with one attached hydrogen (secondary N) is 2. The van der Waals surface area contributed by atoms with Gasteiger partial charge in [0, 0.05) is 13.6 Å². The van der Waals surface area contributed by atoms with Crippen LogP contribution in [0.5, 0.6) is 11.5 Å². The lowest BCUT2D eigenvalue weighted by atomic mass is 10.2. The number of nitrogens with zero attached hydrogens (tertiary/aromatic N) is 3. The van der Waals surface area contributed by atoms with Crippen molar-refractivity contribution in [3.63, 3.8) is 0 Å². The van der Waals surface area contributed by atoms with Gasteiger partial charge in [0.15, 0.2) is 17.3 Å². The van der Waals surface area contributed by atoms with Gasteiger partial charge in [-0.1, -0.05) is 6.07 Å². The van der Waals surface area contributed by atoms with E-state index in [4.69, 9.17) is 9.47 Å². The van der Waals surface area contributed by atoms with Gasteiger partial charge in [0.2, 0.25) is 0 Å². The largest absolute Gasteiger partial charge is 0.493 e. The molecule has 2 aromatic rings. The Balaban J connectivity index is 1.90. The number of benzene rings is 1. The molecule has 0 fully saturated rings. The molecule has 0 radical (unpaired) electrons. The molecular formula is C15H21N5O3. The second-order valence-corrected chi connectivity index (χ2v) is 5.04. The molecule has 0 spiro atoms. The molecule has 1 unspecified atom stereocenters. The van der Waals surface area contributed by atoms with Crippen molar-refractivity contribution in [2.45, 2.75) is 19.5 Å². The van der Waals surface area contributed by atoms with Crippen molar-refractivity contribution in [3.8, 4) is 11.5 Å². The van der Waals surface area contributed by atoms with Crippen LogP contribution in [0.25, 0.3) is 0 Å². The van der Waals surface area contributed by atoms with Crippen LogP contribution in [0.2, 0.25) is 0 Å². The zero-order chi connectivity index (χ0) is 16.8. The fourth-order valence-corrected chi connectivity index (χ4v) is 2.17. The third-order valence-electron chi connectivity index (χ3n) is 3.38. The van der Waals surface area contributed by atoms with Crippen LogP contribution in [0.4, 0.5) is 4.79 Å². The van der Waals surface area contributed by atoms with Crippen molar-refractivity contribution in [1.29, 1.82) is 0 Å². The van der Waals surface area contributed by atoms with E-state index in [0.717, 1.165) is 5.56 Å². The van der Waals surface area contributed by atoms with Gasteiger partial charge in [-0.2, -0.15) is 0 Å². The Morgan fingerprint density at radius 3 is 2.65 bits per heavy atom. The van der Waals surface area contributed by atoms with E-state index >= 15 is 0 Å². The van der Waals surface area contributed by atoms with Crippen LogP contribution in [0.1, 0.15) is 24.4 Å². The molecule has 1 atom stereocenters. The smallest absolute Gasteiger partial charge is 0.315 e. The molecule has 2 N–H and O–H groups in total. The highest BCUT2D eigenvalue weighted by molar-refractivity contribution is 5.74. The van der Waals surface area contributed by atoms with Crippen LogP contribution in [-0.2, 0) is 13.6 Å². The number of ether oxygens (including phenoxy) is 2. The minimum atomic E-state index is -0.282. The summed E-state index contributed by atoms with van der Waals surface area (Å²) in [6.07, 6.45) is 1.59. The summed E-state index contributed by atoms with van der Waals surface area (Å²) < 4.78 is 12.2. The molecule has 0 aliphatic carbocycles. The minimum absolute atomic E-state index is 0.243.